The van der Waals surface area contributed by atoms with Crippen LogP contribution in [0.3, 0.4) is 0 Å². The average Bonchev–Trinajstić information content (AvgIpc) is 3.06. The van der Waals surface area contributed by atoms with Crippen LogP contribution in [0.15, 0.2) is 18.7 Å². The van der Waals surface area contributed by atoms with Gasteiger partial charge >= 0.3 is 0 Å². The number of amides is 1. The number of hydrogen-bond acceptors (Lipinski definition) is 4. The second-order valence-corrected chi connectivity index (χ2v) is 4.37. The summed E-state index contributed by atoms with van der Waals surface area (Å²) < 4.78 is 0. The normalized spacial score (nSPS) is 25.1. The Bertz CT molecular complexity index is 390. The molecule has 1 unspecified atom stereocenters. The molecule has 0 radical (unpaired) electrons. The molecule has 1 aromatic heterocycles. The van der Waals surface area contributed by atoms with Crippen LogP contribution in [-0.2, 0) is 4.79 Å². The second kappa shape index (κ2) is 3.83. The van der Waals surface area contributed by atoms with Crippen LogP contribution in [0, 0.1) is 0 Å². The Balaban J connectivity index is 1.71. The molecular formula is C11H14N4O. The average molecular weight is 218 g/mol. The van der Waals surface area contributed by atoms with Gasteiger partial charge in [0.1, 0.15) is 6.33 Å². The van der Waals surface area contributed by atoms with Gasteiger partial charge in [-0.3, -0.25) is 4.79 Å². The first-order valence-electron chi connectivity index (χ1n) is 5.67. The molecule has 3 rings (SSSR count). The Morgan fingerprint density at radius 1 is 1.25 bits per heavy atom. The maximum atomic E-state index is 12.1. The first-order valence-corrected chi connectivity index (χ1v) is 5.67. The molecule has 1 amide bonds. The van der Waals surface area contributed by atoms with Gasteiger partial charge in [0.25, 0.3) is 0 Å². The van der Waals surface area contributed by atoms with Gasteiger partial charge in [-0.25, -0.2) is 9.97 Å². The third-order valence-electron chi connectivity index (χ3n) is 3.08. The van der Waals surface area contributed by atoms with Crippen molar-refractivity contribution in [1.82, 2.24) is 15.3 Å². The highest BCUT2D eigenvalue weighted by molar-refractivity contribution is 5.99. The van der Waals surface area contributed by atoms with Gasteiger partial charge in [0, 0.05) is 12.6 Å². The van der Waals surface area contributed by atoms with Crippen molar-refractivity contribution in [3.05, 3.63) is 18.7 Å². The largest absolute Gasteiger partial charge is 0.308 e. The summed E-state index contributed by atoms with van der Waals surface area (Å²) in [6, 6.07) is 0.564. The van der Waals surface area contributed by atoms with E-state index in [1.807, 2.05) is 0 Å². The molecule has 5 heteroatoms. The Morgan fingerprint density at radius 2 is 2.00 bits per heavy atom. The van der Waals surface area contributed by atoms with Gasteiger partial charge < -0.3 is 10.2 Å². The zero-order valence-electron chi connectivity index (χ0n) is 8.97. The highest BCUT2D eigenvalue weighted by atomic mass is 16.2. The molecule has 1 aliphatic carbocycles. The van der Waals surface area contributed by atoms with Crippen molar-refractivity contribution in [2.75, 3.05) is 11.4 Å². The molecule has 1 N–H and O–H groups in total. The molecule has 0 aromatic carbocycles. The fourth-order valence-electron chi connectivity index (χ4n) is 2.06. The molecule has 84 valence electrons. The van der Waals surface area contributed by atoms with Crippen LogP contribution in [0.1, 0.15) is 19.3 Å². The molecule has 5 nitrogen and oxygen atoms in total. The number of nitrogens with zero attached hydrogens (tertiary/aromatic N) is 3. The van der Waals surface area contributed by atoms with Gasteiger partial charge in [-0.1, -0.05) is 0 Å². The first kappa shape index (κ1) is 9.72. The Kier molecular flexibility index (Phi) is 2.32. The fraction of sp³-hybridized carbons (Fsp3) is 0.545. The summed E-state index contributed by atoms with van der Waals surface area (Å²) in [5.74, 6) is 0.154. The lowest BCUT2D eigenvalue weighted by molar-refractivity contribution is -0.118. The summed E-state index contributed by atoms with van der Waals surface area (Å²) in [6.07, 6.45) is 8.14. The van der Waals surface area contributed by atoms with Crippen LogP contribution in [0.5, 0.6) is 0 Å². The number of aromatic nitrogens is 2. The molecule has 1 saturated heterocycles. The number of anilines is 1. The third-order valence-corrected chi connectivity index (χ3v) is 3.08. The van der Waals surface area contributed by atoms with Crippen LogP contribution in [0.2, 0.25) is 0 Å². The van der Waals surface area contributed by atoms with E-state index in [-0.39, 0.29) is 11.9 Å². The van der Waals surface area contributed by atoms with Crippen molar-refractivity contribution in [2.24, 2.45) is 0 Å². The summed E-state index contributed by atoms with van der Waals surface area (Å²) in [5, 5.41) is 3.37. The van der Waals surface area contributed by atoms with Crippen LogP contribution < -0.4 is 10.2 Å². The lowest BCUT2D eigenvalue weighted by Gasteiger charge is -2.16. The van der Waals surface area contributed by atoms with E-state index < -0.39 is 0 Å². The number of nitrogens with one attached hydrogen (secondary N) is 1. The molecule has 1 aliphatic heterocycles. The predicted molar refractivity (Wildman–Crippen MR) is 58.9 cm³/mol. The van der Waals surface area contributed by atoms with E-state index in [1.54, 1.807) is 17.3 Å². The lowest BCUT2D eigenvalue weighted by atomic mass is 10.2. The highest BCUT2D eigenvalue weighted by Gasteiger charge is 2.36. The third kappa shape index (κ3) is 1.78. The number of carbonyl (C=O) groups is 1. The minimum absolute atomic E-state index is 0.00675. The van der Waals surface area contributed by atoms with Gasteiger partial charge in [0.2, 0.25) is 5.91 Å². The molecule has 16 heavy (non-hydrogen) atoms. The van der Waals surface area contributed by atoms with Crippen LogP contribution in [0.4, 0.5) is 5.69 Å². The van der Waals surface area contributed by atoms with E-state index in [2.05, 4.69) is 15.3 Å². The predicted octanol–water partition coefficient (Wildman–Crippen LogP) is 0.334. The summed E-state index contributed by atoms with van der Waals surface area (Å²) in [5.41, 5.74) is 0.799. The number of hydrogen-bond donors (Lipinski definition) is 1. The van der Waals surface area contributed by atoms with E-state index >= 15 is 0 Å². The number of rotatable bonds is 3. The van der Waals surface area contributed by atoms with Gasteiger partial charge in [-0.15, -0.1) is 0 Å². The fourth-order valence-corrected chi connectivity index (χ4v) is 2.06. The number of carbonyl (C=O) groups excluding carboxylic acids is 1. The Morgan fingerprint density at radius 3 is 2.69 bits per heavy atom. The molecular weight excluding hydrogens is 204 g/mol. The smallest absolute Gasteiger partial charge is 0.244 e. The highest BCUT2D eigenvalue weighted by Crippen LogP contribution is 2.24. The topological polar surface area (TPSA) is 58.1 Å². The van der Waals surface area contributed by atoms with Gasteiger partial charge in [0.05, 0.1) is 24.1 Å². The van der Waals surface area contributed by atoms with E-state index in [1.165, 1.54) is 19.2 Å². The van der Waals surface area contributed by atoms with Crippen molar-refractivity contribution in [1.29, 1.82) is 0 Å². The van der Waals surface area contributed by atoms with Crippen LogP contribution in [0.25, 0.3) is 0 Å². The maximum absolute atomic E-state index is 12.1. The van der Waals surface area contributed by atoms with Crippen LogP contribution >= 0.6 is 0 Å². The van der Waals surface area contributed by atoms with Gasteiger partial charge in [-0.05, 0) is 19.3 Å². The van der Waals surface area contributed by atoms with Crippen LogP contribution in [-0.4, -0.2) is 34.5 Å². The summed E-state index contributed by atoms with van der Waals surface area (Å²) in [4.78, 5) is 21.7. The van der Waals surface area contributed by atoms with Gasteiger partial charge in [0.15, 0.2) is 0 Å². The minimum Gasteiger partial charge on any atom is -0.308 e. The summed E-state index contributed by atoms with van der Waals surface area (Å²) in [6.45, 7) is 0.761. The van der Waals surface area contributed by atoms with E-state index in [4.69, 9.17) is 0 Å². The van der Waals surface area contributed by atoms with Crippen molar-refractivity contribution < 1.29 is 4.79 Å². The zero-order valence-corrected chi connectivity index (χ0v) is 8.97. The second-order valence-electron chi connectivity index (χ2n) is 4.37. The van der Waals surface area contributed by atoms with E-state index in [9.17, 15) is 4.79 Å². The summed E-state index contributed by atoms with van der Waals surface area (Å²) in [7, 11) is 0. The molecule has 1 aromatic rings. The molecule has 2 heterocycles. The zero-order chi connectivity index (χ0) is 11.0. The maximum Gasteiger partial charge on any atom is 0.244 e. The quantitative estimate of drug-likeness (QED) is 0.794. The Labute approximate surface area is 93.9 Å². The van der Waals surface area contributed by atoms with Crippen molar-refractivity contribution >= 4 is 11.6 Å². The van der Waals surface area contributed by atoms with Crippen molar-refractivity contribution in [3.63, 3.8) is 0 Å². The molecule has 0 bridgehead atoms. The summed E-state index contributed by atoms with van der Waals surface area (Å²) >= 11 is 0. The Hall–Kier alpha value is -1.49. The van der Waals surface area contributed by atoms with E-state index in [0.717, 1.165) is 18.7 Å². The monoisotopic (exact) mass is 218 g/mol. The molecule has 1 atom stereocenters. The standard InChI is InChI=1S/C11H14N4O/c16-11-10(14-8-1-2-8)3-4-15(11)9-5-12-7-13-6-9/h5-8,10,14H,1-4H2. The minimum atomic E-state index is -0.00675. The lowest BCUT2D eigenvalue weighted by Crippen LogP contribution is -2.39. The first-order chi connectivity index (χ1) is 7.84. The molecule has 0 spiro atoms. The van der Waals surface area contributed by atoms with E-state index in [0.29, 0.717) is 6.04 Å². The molecule has 1 saturated carbocycles. The van der Waals surface area contributed by atoms with Crippen molar-refractivity contribution in [3.8, 4) is 0 Å². The molecule has 2 aliphatic rings. The SMILES string of the molecule is O=C1C(NC2CC2)CCN1c1cncnc1. The van der Waals surface area contributed by atoms with Crippen molar-refractivity contribution in [2.45, 2.75) is 31.3 Å². The molecule has 2 fully saturated rings. The van der Waals surface area contributed by atoms with Gasteiger partial charge in [-0.2, -0.15) is 0 Å².